The van der Waals surface area contributed by atoms with E-state index in [4.69, 9.17) is 10.3 Å². The Bertz CT molecular complexity index is 281. The molecule has 1 N–H and O–H groups in total. The van der Waals surface area contributed by atoms with Crippen LogP contribution in [0.25, 0.3) is 10.4 Å². The molecule has 1 saturated carbocycles. The van der Waals surface area contributed by atoms with E-state index in [0.29, 0.717) is 6.04 Å². The molecule has 0 saturated heterocycles. The molecule has 0 spiro atoms. The summed E-state index contributed by atoms with van der Waals surface area (Å²) in [7, 11) is 1.35. The minimum absolute atomic E-state index is 0.111. The maximum absolute atomic E-state index is 11.5. The molecular formula is C11H20N4O2. The standard InChI is InChI=1S/C11H20N4O2/c1-17-11(16)10(8-13-15-12)14-9-6-4-2-3-5-7-9/h9-10,14H,2-8H2,1H3. The first kappa shape index (κ1) is 13.8. The third-order valence-corrected chi connectivity index (χ3v) is 3.11. The smallest absolute Gasteiger partial charge is 0.322 e. The van der Waals surface area contributed by atoms with Crippen LogP contribution in [-0.2, 0) is 9.53 Å². The van der Waals surface area contributed by atoms with Crippen molar-refractivity contribution in [2.24, 2.45) is 5.11 Å². The van der Waals surface area contributed by atoms with Gasteiger partial charge in [0.1, 0.15) is 6.04 Å². The molecule has 17 heavy (non-hydrogen) atoms. The Kier molecular flexibility index (Phi) is 6.43. The van der Waals surface area contributed by atoms with Crippen molar-refractivity contribution >= 4 is 5.97 Å². The van der Waals surface area contributed by atoms with E-state index in [2.05, 4.69) is 15.3 Å². The number of ether oxygens (including phenoxy) is 1. The van der Waals surface area contributed by atoms with Crippen molar-refractivity contribution in [1.82, 2.24) is 5.32 Å². The monoisotopic (exact) mass is 240 g/mol. The lowest BCUT2D eigenvalue weighted by Gasteiger charge is -2.21. The van der Waals surface area contributed by atoms with Crippen molar-refractivity contribution in [3.8, 4) is 0 Å². The van der Waals surface area contributed by atoms with Gasteiger partial charge in [-0.1, -0.05) is 30.8 Å². The molecule has 6 heteroatoms. The fourth-order valence-electron chi connectivity index (χ4n) is 2.19. The SMILES string of the molecule is COC(=O)C(CN=[N+]=[N-])NC1CCCCCC1. The topological polar surface area (TPSA) is 87.1 Å². The third-order valence-electron chi connectivity index (χ3n) is 3.11. The lowest BCUT2D eigenvalue weighted by Crippen LogP contribution is -2.45. The summed E-state index contributed by atoms with van der Waals surface area (Å²) in [6.45, 7) is 0.111. The number of nitrogens with one attached hydrogen (secondary N) is 1. The second-order valence-electron chi connectivity index (χ2n) is 4.34. The van der Waals surface area contributed by atoms with Gasteiger partial charge in [0, 0.05) is 11.0 Å². The zero-order valence-electron chi connectivity index (χ0n) is 10.3. The molecule has 0 amide bonds. The Morgan fingerprint density at radius 3 is 2.65 bits per heavy atom. The highest BCUT2D eigenvalue weighted by Gasteiger charge is 2.22. The van der Waals surface area contributed by atoms with Gasteiger partial charge in [-0.25, -0.2) is 0 Å². The summed E-state index contributed by atoms with van der Waals surface area (Å²) in [6.07, 6.45) is 7.04. The summed E-state index contributed by atoms with van der Waals surface area (Å²) in [4.78, 5) is 14.2. The number of rotatable bonds is 5. The molecule has 1 fully saturated rings. The van der Waals surface area contributed by atoms with Gasteiger partial charge in [0.2, 0.25) is 0 Å². The van der Waals surface area contributed by atoms with Gasteiger partial charge in [-0.15, -0.1) is 0 Å². The highest BCUT2D eigenvalue weighted by atomic mass is 16.5. The first-order valence-corrected chi connectivity index (χ1v) is 6.12. The zero-order chi connectivity index (χ0) is 12.5. The van der Waals surface area contributed by atoms with Crippen molar-refractivity contribution in [2.75, 3.05) is 13.7 Å². The molecule has 0 heterocycles. The summed E-state index contributed by atoms with van der Waals surface area (Å²) in [5, 5.41) is 6.69. The number of hydrogen-bond donors (Lipinski definition) is 1. The number of carbonyl (C=O) groups is 1. The van der Waals surface area contributed by atoms with Crippen molar-refractivity contribution < 1.29 is 9.53 Å². The van der Waals surface area contributed by atoms with E-state index in [1.54, 1.807) is 0 Å². The van der Waals surface area contributed by atoms with E-state index in [0.717, 1.165) is 12.8 Å². The average Bonchev–Trinajstić information content (AvgIpc) is 2.62. The van der Waals surface area contributed by atoms with E-state index in [9.17, 15) is 4.79 Å². The third kappa shape index (κ3) is 5.06. The Labute approximate surface area is 101 Å². The molecular weight excluding hydrogens is 220 g/mol. The molecule has 0 aromatic carbocycles. The molecule has 96 valence electrons. The second-order valence-corrected chi connectivity index (χ2v) is 4.34. The molecule has 1 unspecified atom stereocenters. The van der Waals surface area contributed by atoms with Crippen LogP contribution in [-0.4, -0.2) is 31.7 Å². The minimum Gasteiger partial charge on any atom is -0.468 e. The van der Waals surface area contributed by atoms with Crippen molar-refractivity contribution in [3.05, 3.63) is 10.4 Å². The number of methoxy groups -OCH3 is 1. The Morgan fingerprint density at radius 1 is 1.47 bits per heavy atom. The number of carbonyl (C=O) groups excluding carboxylic acids is 1. The van der Waals surface area contributed by atoms with Crippen LogP contribution in [0, 0.1) is 0 Å². The minimum atomic E-state index is -0.515. The maximum Gasteiger partial charge on any atom is 0.322 e. The lowest BCUT2D eigenvalue weighted by molar-refractivity contribution is -0.143. The predicted molar refractivity (Wildman–Crippen MR) is 64.4 cm³/mol. The van der Waals surface area contributed by atoms with Crippen LogP contribution in [0.2, 0.25) is 0 Å². The second kappa shape index (κ2) is 7.92. The van der Waals surface area contributed by atoms with Crippen molar-refractivity contribution in [3.63, 3.8) is 0 Å². The molecule has 1 atom stereocenters. The summed E-state index contributed by atoms with van der Waals surface area (Å²) >= 11 is 0. The van der Waals surface area contributed by atoms with Crippen LogP contribution < -0.4 is 5.32 Å². The van der Waals surface area contributed by atoms with Gasteiger partial charge in [-0.2, -0.15) is 0 Å². The van der Waals surface area contributed by atoms with E-state index < -0.39 is 6.04 Å². The fourth-order valence-corrected chi connectivity index (χ4v) is 2.19. The molecule has 0 radical (unpaired) electrons. The van der Waals surface area contributed by atoms with E-state index in [1.165, 1.54) is 32.8 Å². The van der Waals surface area contributed by atoms with E-state index in [-0.39, 0.29) is 12.5 Å². The summed E-state index contributed by atoms with van der Waals surface area (Å²) in [5.74, 6) is -0.360. The fraction of sp³-hybridized carbons (Fsp3) is 0.909. The molecule has 0 aliphatic heterocycles. The van der Waals surface area contributed by atoms with Gasteiger partial charge in [0.05, 0.1) is 13.7 Å². The Balaban J connectivity index is 2.50. The molecule has 6 nitrogen and oxygen atoms in total. The highest BCUT2D eigenvalue weighted by Crippen LogP contribution is 2.17. The molecule has 1 aliphatic carbocycles. The van der Waals surface area contributed by atoms with Gasteiger partial charge in [-0.05, 0) is 18.4 Å². The molecule has 0 aromatic rings. The highest BCUT2D eigenvalue weighted by molar-refractivity contribution is 5.76. The number of azide groups is 1. The quantitative estimate of drug-likeness (QED) is 0.262. The van der Waals surface area contributed by atoms with Crippen molar-refractivity contribution in [1.29, 1.82) is 0 Å². The van der Waals surface area contributed by atoms with Crippen LogP contribution in [0.1, 0.15) is 38.5 Å². The van der Waals surface area contributed by atoms with E-state index in [1.807, 2.05) is 0 Å². The van der Waals surface area contributed by atoms with Crippen LogP contribution >= 0.6 is 0 Å². The van der Waals surface area contributed by atoms with Crippen LogP contribution in [0.3, 0.4) is 0 Å². The first-order chi connectivity index (χ1) is 8.27. The average molecular weight is 240 g/mol. The largest absolute Gasteiger partial charge is 0.468 e. The summed E-state index contributed by atoms with van der Waals surface area (Å²) < 4.78 is 4.70. The molecule has 0 aromatic heterocycles. The van der Waals surface area contributed by atoms with Gasteiger partial charge in [0.25, 0.3) is 0 Å². The maximum atomic E-state index is 11.5. The number of esters is 1. The van der Waals surface area contributed by atoms with Crippen LogP contribution in [0.5, 0.6) is 0 Å². The normalized spacial score (nSPS) is 18.9. The number of hydrogen-bond acceptors (Lipinski definition) is 4. The Morgan fingerprint density at radius 2 is 2.12 bits per heavy atom. The summed E-state index contributed by atoms with van der Waals surface area (Å²) in [5.41, 5.74) is 8.30. The van der Waals surface area contributed by atoms with Crippen molar-refractivity contribution in [2.45, 2.75) is 50.6 Å². The van der Waals surface area contributed by atoms with Gasteiger partial charge >= 0.3 is 5.97 Å². The Hall–Kier alpha value is -1.26. The molecule has 1 aliphatic rings. The van der Waals surface area contributed by atoms with Crippen LogP contribution in [0.4, 0.5) is 0 Å². The molecule has 0 bridgehead atoms. The first-order valence-electron chi connectivity index (χ1n) is 6.12. The van der Waals surface area contributed by atoms with Gasteiger partial charge in [-0.3, -0.25) is 4.79 Å². The van der Waals surface area contributed by atoms with Gasteiger partial charge in [0.15, 0.2) is 0 Å². The van der Waals surface area contributed by atoms with Crippen LogP contribution in [0.15, 0.2) is 5.11 Å². The predicted octanol–water partition coefficient (Wildman–Crippen LogP) is 2.15. The number of nitrogens with zero attached hydrogens (tertiary/aromatic N) is 3. The molecule has 1 rings (SSSR count). The van der Waals surface area contributed by atoms with Gasteiger partial charge < -0.3 is 10.1 Å². The van der Waals surface area contributed by atoms with E-state index >= 15 is 0 Å². The zero-order valence-corrected chi connectivity index (χ0v) is 10.3. The summed E-state index contributed by atoms with van der Waals surface area (Å²) in [6, 6.07) is -0.186. The lowest BCUT2D eigenvalue weighted by atomic mass is 10.1.